The Hall–Kier alpha value is -4.00. The van der Waals surface area contributed by atoms with E-state index in [1.807, 2.05) is 18.2 Å². The van der Waals surface area contributed by atoms with Gasteiger partial charge in [0.25, 0.3) is 5.91 Å². The average Bonchev–Trinajstić information content (AvgIpc) is 3.29. The van der Waals surface area contributed by atoms with Crippen LogP contribution in [-0.4, -0.2) is 65.3 Å². The molecule has 38 heavy (non-hydrogen) atoms. The predicted octanol–water partition coefficient (Wildman–Crippen LogP) is 3.33. The number of anilines is 1. The van der Waals surface area contributed by atoms with E-state index in [4.69, 9.17) is 10.5 Å². The molecule has 0 radical (unpaired) electrons. The number of aliphatic hydroxyl groups excluding tert-OH is 1. The summed E-state index contributed by atoms with van der Waals surface area (Å²) >= 11 is 0. The molecule has 0 saturated heterocycles. The molecule has 0 aliphatic carbocycles. The van der Waals surface area contributed by atoms with Crippen molar-refractivity contribution < 1.29 is 19.0 Å². The second kappa shape index (κ2) is 12.5. The highest BCUT2D eigenvalue weighted by Gasteiger charge is 2.38. The Morgan fingerprint density at radius 1 is 1.18 bits per heavy atom. The van der Waals surface area contributed by atoms with Crippen molar-refractivity contribution in [3.63, 3.8) is 0 Å². The molecule has 4 N–H and O–H groups in total. The lowest BCUT2D eigenvalue weighted by atomic mass is 10.2. The van der Waals surface area contributed by atoms with Crippen molar-refractivity contribution in [2.75, 3.05) is 44.7 Å². The van der Waals surface area contributed by atoms with Crippen LogP contribution in [0.5, 0.6) is 5.75 Å². The number of hydrogen-bond donors (Lipinski definition) is 3. The van der Waals surface area contributed by atoms with Crippen LogP contribution in [-0.2, 0) is 4.79 Å². The van der Waals surface area contributed by atoms with E-state index in [0.717, 1.165) is 31.3 Å². The van der Waals surface area contributed by atoms with Gasteiger partial charge in [-0.15, -0.1) is 4.59 Å². The fraction of sp³-hybridized carbons (Fsp3) is 0.346. The maximum atomic E-state index is 13.9. The minimum atomic E-state index is -0.614. The maximum Gasteiger partial charge on any atom is 0.276 e. The van der Waals surface area contributed by atoms with Gasteiger partial charge in [0.1, 0.15) is 23.7 Å². The zero-order chi connectivity index (χ0) is 27.0. The molecule has 3 aromatic rings. The molecule has 2 aromatic carbocycles. The van der Waals surface area contributed by atoms with E-state index < -0.39 is 16.3 Å². The van der Waals surface area contributed by atoms with E-state index in [9.17, 15) is 14.3 Å². The van der Waals surface area contributed by atoms with Gasteiger partial charge in [-0.2, -0.15) is 0 Å². The topological polar surface area (TPSA) is 138 Å². The number of nitrogens with one attached hydrogen (secondary N) is 1. The number of amides is 1. The molecule has 12 heteroatoms. The van der Waals surface area contributed by atoms with Crippen LogP contribution in [0.25, 0.3) is 10.9 Å². The van der Waals surface area contributed by atoms with Gasteiger partial charge in [0.2, 0.25) is 5.82 Å². The van der Waals surface area contributed by atoms with Crippen LogP contribution in [0.2, 0.25) is 0 Å². The van der Waals surface area contributed by atoms with Crippen LogP contribution in [0.15, 0.2) is 71.2 Å². The van der Waals surface area contributed by atoms with Crippen LogP contribution in [0.1, 0.15) is 19.8 Å². The smallest absolute Gasteiger partial charge is 0.276 e. The van der Waals surface area contributed by atoms with Crippen LogP contribution in [0.3, 0.4) is 0 Å². The van der Waals surface area contributed by atoms with Gasteiger partial charge in [0.15, 0.2) is 18.4 Å². The molecule has 1 aliphatic heterocycles. The summed E-state index contributed by atoms with van der Waals surface area (Å²) in [7, 11) is 0. The normalized spacial score (nSPS) is 16.7. The fourth-order valence-corrected chi connectivity index (χ4v) is 4.31. The molecule has 4 rings (SSSR count). The number of aromatic nitrogens is 2. The van der Waals surface area contributed by atoms with Crippen molar-refractivity contribution in [3.8, 4) is 5.75 Å². The summed E-state index contributed by atoms with van der Waals surface area (Å²) in [6.07, 6.45) is 4.89. The third-order valence-corrected chi connectivity index (χ3v) is 6.00. The van der Waals surface area contributed by atoms with E-state index in [0.29, 0.717) is 41.7 Å². The van der Waals surface area contributed by atoms with Crippen molar-refractivity contribution in [1.29, 1.82) is 0 Å². The van der Waals surface area contributed by atoms with Crippen molar-refractivity contribution in [2.24, 2.45) is 16.1 Å². The first-order valence-corrected chi connectivity index (χ1v) is 12.5. The Labute approximate surface area is 220 Å². The first kappa shape index (κ1) is 27.0. The number of carbonyl (C=O) groups excluding carboxylic acids is 1. The number of fused-ring (bicyclic) bond motifs is 1. The monoisotopic (exact) mass is 523 g/mol. The minimum Gasteiger partial charge on any atom is -0.493 e. The fourth-order valence-electron chi connectivity index (χ4n) is 4.31. The quantitative estimate of drug-likeness (QED) is 0.218. The van der Waals surface area contributed by atoms with E-state index >= 15 is 0 Å². The summed E-state index contributed by atoms with van der Waals surface area (Å²) < 4.78 is 19.4. The lowest BCUT2D eigenvalue weighted by molar-refractivity contribution is -0.118. The second-order valence-electron chi connectivity index (χ2n) is 8.93. The molecule has 0 spiro atoms. The number of benzene rings is 2. The van der Waals surface area contributed by atoms with E-state index in [1.165, 1.54) is 24.5 Å². The number of quaternary nitrogens is 1. The Kier molecular flexibility index (Phi) is 8.89. The Bertz CT molecular complexity index is 1330. The Balaban J connectivity index is 1.47. The molecule has 1 atom stereocenters. The lowest BCUT2D eigenvalue weighted by Crippen LogP contribution is -2.44. The number of nitrogens with two attached hydrogens (primary N) is 1. The van der Waals surface area contributed by atoms with Crippen molar-refractivity contribution in [1.82, 2.24) is 19.5 Å². The number of rotatable bonds is 14. The summed E-state index contributed by atoms with van der Waals surface area (Å²) in [6, 6.07) is 11.3. The molecule has 1 amide bonds. The number of halogens is 1. The van der Waals surface area contributed by atoms with Crippen molar-refractivity contribution in [2.45, 2.75) is 19.8 Å². The highest BCUT2D eigenvalue weighted by Crippen LogP contribution is 2.32. The number of primary amides is 1. The largest absolute Gasteiger partial charge is 0.493 e. The molecule has 0 bridgehead atoms. The molecule has 200 valence electrons. The predicted molar refractivity (Wildman–Crippen MR) is 142 cm³/mol. The minimum absolute atomic E-state index is 0.149. The molecular weight excluding hydrogens is 491 g/mol. The van der Waals surface area contributed by atoms with E-state index in [2.05, 4.69) is 37.4 Å². The molecule has 1 aromatic heterocycles. The molecule has 1 unspecified atom stereocenters. The van der Waals surface area contributed by atoms with Crippen molar-refractivity contribution >= 4 is 28.3 Å². The van der Waals surface area contributed by atoms with Gasteiger partial charge in [-0.1, -0.05) is 18.1 Å². The lowest BCUT2D eigenvalue weighted by Gasteiger charge is -2.21. The summed E-state index contributed by atoms with van der Waals surface area (Å²) in [6.45, 7) is 5.05. The Morgan fingerprint density at radius 2 is 2.05 bits per heavy atom. The summed E-state index contributed by atoms with van der Waals surface area (Å²) in [5.74, 6) is 0.434. The van der Waals surface area contributed by atoms with Crippen LogP contribution >= 0.6 is 0 Å². The van der Waals surface area contributed by atoms with Gasteiger partial charge in [-0.25, -0.2) is 14.4 Å². The summed E-state index contributed by atoms with van der Waals surface area (Å²) in [5, 5.41) is 21.5. The van der Waals surface area contributed by atoms with Gasteiger partial charge >= 0.3 is 0 Å². The zero-order valence-corrected chi connectivity index (χ0v) is 21.3. The number of nitrogens with zero attached hydrogens (tertiary/aromatic N) is 6. The average molecular weight is 524 g/mol. The molecule has 0 fully saturated rings. The summed E-state index contributed by atoms with van der Waals surface area (Å²) in [4.78, 5) is 22.7. The van der Waals surface area contributed by atoms with Gasteiger partial charge < -0.3 is 25.8 Å². The van der Waals surface area contributed by atoms with Crippen LogP contribution in [0.4, 0.5) is 15.9 Å². The number of carbonyl (C=O) groups is 1. The molecule has 1 aliphatic rings. The molecule has 2 heterocycles. The van der Waals surface area contributed by atoms with Crippen LogP contribution in [0, 0.1) is 5.82 Å². The second-order valence-corrected chi connectivity index (χ2v) is 8.93. The van der Waals surface area contributed by atoms with Crippen LogP contribution < -0.4 is 20.4 Å². The van der Waals surface area contributed by atoms with Gasteiger partial charge in [-0.3, -0.25) is 4.79 Å². The first-order chi connectivity index (χ1) is 18.4. The van der Waals surface area contributed by atoms with Gasteiger partial charge in [0, 0.05) is 41.9 Å². The van der Waals surface area contributed by atoms with E-state index in [1.54, 1.807) is 12.3 Å². The molecular formula is C26H32FN8O3+. The van der Waals surface area contributed by atoms with Crippen molar-refractivity contribution in [3.05, 3.63) is 66.6 Å². The standard InChI is InChI=1S/C26H31FN8O3/c1-2-9-34(11-12-36)10-4-13-38-21-7-8-22-23(15-21)29-18-30-26(22)31-25-17-35(33-32-25,16-24(28)37)20-6-3-5-19(27)14-20/h3,5-8,14-15,17-18,36H,2,4,9-13,16H2,1H3,(H2-,28,29,30,31,37)/p+1. The summed E-state index contributed by atoms with van der Waals surface area (Å²) in [5.41, 5.74) is 6.54. The van der Waals surface area contributed by atoms with Gasteiger partial charge in [-0.05, 0) is 37.6 Å². The number of aliphatic hydroxyl groups is 1. The molecule has 0 saturated carbocycles. The van der Waals surface area contributed by atoms with E-state index in [-0.39, 0.29) is 13.2 Å². The van der Waals surface area contributed by atoms with Gasteiger partial charge in [0.05, 0.1) is 18.7 Å². The maximum absolute atomic E-state index is 13.9. The zero-order valence-electron chi connectivity index (χ0n) is 21.3. The third-order valence-electron chi connectivity index (χ3n) is 6.00. The first-order valence-electron chi connectivity index (χ1n) is 12.5. The highest BCUT2D eigenvalue weighted by atomic mass is 19.1. The Morgan fingerprint density at radius 3 is 2.82 bits per heavy atom. The molecule has 11 nitrogen and oxygen atoms in total. The highest BCUT2D eigenvalue weighted by molar-refractivity contribution is 5.90. The number of ether oxygens (including phenoxy) is 1. The third kappa shape index (κ3) is 6.65. The SMILES string of the molecule is CCCN(CCO)CCCOc1ccc2c(NC3=C[N+](CC(N)=O)(c4cccc(F)c4)N=N3)ncnc2c1. The number of hydrogen-bond acceptors (Lipinski definition) is 9.